The topological polar surface area (TPSA) is 57.8 Å². The van der Waals surface area contributed by atoms with Gasteiger partial charge in [0.25, 0.3) is 0 Å². The van der Waals surface area contributed by atoms with Gasteiger partial charge < -0.3 is 5.32 Å². The first-order valence-electron chi connectivity index (χ1n) is 3.97. The van der Waals surface area contributed by atoms with E-state index in [1.807, 2.05) is 20.8 Å². The number of anilines is 1. The third-order valence-corrected chi connectivity index (χ3v) is 1.25. The molecular weight excluding hydrogens is 154 g/mol. The van der Waals surface area contributed by atoms with Crippen LogP contribution in [0.15, 0.2) is 11.0 Å². The van der Waals surface area contributed by atoms with Crippen LogP contribution in [0.4, 0.5) is 5.82 Å². The molecule has 0 unspecified atom stereocenters. The van der Waals surface area contributed by atoms with Gasteiger partial charge >= 0.3 is 5.69 Å². The van der Waals surface area contributed by atoms with Crippen LogP contribution in [0, 0.1) is 6.92 Å². The lowest BCUT2D eigenvalue weighted by Gasteiger charge is -2.00. The first-order valence-corrected chi connectivity index (χ1v) is 3.97. The zero-order valence-corrected chi connectivity index (χ0v) is 7.93. The zero-order valence-electron chi connectivity index (χ0n) is 7.93. The molecule has 1 aromatic heterocycles. The molecule has 2 N–H and O–H groups in total. The second kappa shape index (κ2) is 5.35. The fourth-order valence-corrected chi connectivity index (χ4v) is 0.717. The standard InChI is InChI=1S/C6H9N3O.C2H6/c1-4-3-8-6(10)9-5(4)7-2;1-2/h3H,1-2H3,(H2,7,8,9,10);1-2H3. The van der Waals surface area contributed by atoms with Crippen molar-refractivity contribution in [2.24, 2.45) is 0 Å². The zero-order chi connectivity index (χ0) is 9.56. The minimum Gasteiger partial charge on any atom is -0.374 e. The summed E-state index contributed by atoms with van der Waals surface area (Å²) in [5.41, 5.74) is 0.608. The molecule has 4 nitrogen and oxygen atoms in total. The van der Waals surface area contributed by atoms with Gasteiger partial charge in [0.05, 0.1) is 0 Å². The van der Waals surface area contributed by atoms with E-state index in [0.717, 1.165) is 11.4 Å². The first kappa shape index (κ1) is 10.7. The van der Waals surface area contributed by atoms with E-state index in [1.54, 1.807) is 7.05 Å². The Hall–Kier alpha value is -1.32. The van der Waals surface area contributed by atoms with Crippen LogP contribution in [0.3, 0.4) is 0 Å². The predicted molar refractivity (Wildman–Crippen MR) is 50.5 cm³/mol. The summed E-state index contributed by atoms with van der Waals surface area (Å²) >= 11 is 0. The van der Waals surface area contributed by atoms with Gasteiger partial charge in [0.15, 0.2) is 0 Å². The number of H-pyrrole nitrogens is 1. The van der Waals surface area contributed by atoms with Crippen molar-refractivity contribution >= 4 is 5.82 Å². The molecular formula is C8H15N3O. The minimum atomic E-state index is -0.324. The van der Waals surface area contributed by atoms with E-state index in [1.165, 1.54) is 6.20 Å². The predicted octanol–water partition coefficient (Wildman–Crippen LogP) is 1.15. The highest BCUT2D eigenvalue weighted by Gasteiger charge is 1.94. The van der Waals surface area contributed by atoms with Crippen molar-refractivity contribution in [3.8, 4) is 0 Å². The second-order valence-corrected chi connectivity index (χ2v) is 2.00. The van der Waals surface area contributed by atoms with Crippen molar-refractivity contribution < 1.29 is 0 Å². The van der Waals surface area contributed by atoms with E-state index in [4.69, 9.17) is 0 Å². The van der Waals surface area contributed by atoms with Gasteiger partial charge in [-0.1, -0.05) is 13.8 Å². The van der Waals surface area contributed by atoms with Gasteiger partial charge in [-0.05, 0) is 6.92 Å². The van der Waals surface area contributed by atoms with Gasteiger partial charge in [-0.2, -0.15) is 0 Å². The number of rotatable bonds is 1. The van der Waals surface area contributed by atoms with Crippen LogP contribution in [0.25, 0.3) is 0 Å². The van der Waals surface area contributed by atoms with Crippen molar-refractivity contribution in [1.82, 2.24) is 9.97 Å². The molecule has 0 fully saturated rings. The number of aryl methyl sites for hydroxylation is 1. The highest BCUT2D eigenvalue weighted by molar-refractivity contribution is 5.39. The van der Waals surface area contributed by atoms with Gasteiger partial charge in [-0.15, -0.1) is 0 Å². The molecule has 1 rings (SSSR count). The number of aromatic nitrogens is 2. The van der Waals surface area contributed by atoms with Crippen molar-refractivity contribution in [1.29, 1.82) is 0 Å². The lowest BCUT2D eigenvalue weighted by molar-refractivity contribution is 1.05. The molecule has 68 valence electrons. The van der Waals surface area contributed by atoms with Crippen LogP contribution in [-0.2, 0) is 0 Å². The van der Waals surface area contributed by atoms with Gasteiger partial charge in [0.2, 0.25) is 0 Å². The number of nitrogens with one attached hydrogen (secondary N) is 2. The lowest BCUT2D eigenvalue weighted by Crippen LogP contribution is -2.12. The van der Waals surface area contributed by atoms with E-state index in [2.05, 4.69) is 15.3 Å². The van der Waals surface area contributed by atoms with E-state index in [-0.39, 0.29) is 5.69 Å². The van der Waals surface area contributed by atoms with E-state index < -0.39 is 0 Å². The van der Waals surface area contributed by atoms with Gasteiger partial charge in [0.1, 0.15) is 5.82 Å². The maximum atomic E-state index is 10.6. The smallest absolute Gasteiger partial charge is 0.346 e. The fourth-order valence-electron chi connectivity index (χ4n) is 0.717. The Morgan fingerprint density at radius 2 is 2.08 bits per heavy atom. The van der Waals surface area contributed by atoms with Crippen molar-refractivity contribution in [3.63, 3.8) is 0 Å². The van der Waals surface area contributed by atoms with E-state index in [9.17, 15) is 4.79 Å². The molecule has 0 spiro atoms. The SMILES string of the molecule is CC.CNc1[nH]c(=O)ncc1C. The second-order valence-electron chi connectivity index (χ2n) is 2.00. The first-order chi connectivity index (χ1) is 5.74. The molecule has 0 amide bonds. The molecule has 0 radical (unpaired) electrons. The van der Waals surface area contributed by atoms with Crippen LogP contribution in [0.5, 0.6) is 0 Å². The monoisotopic (exact) mass is 169 g/mol. The molecule has 0 aliphatic carbocycles. The summed E-state index contributed by atoms with van der Waals surface area (Å²) in [4.78, 5) is 16.7. The summed E-state index contributed by atoms with van der Waals surface area (Å²) in [7, 11) is 1.75. The molecule has 0 aliphatic rings. The summed E-state index contributed by atoms with van der Waals surface area (Å²) in [5, 5.41) is 2.84. The van der Waals surface area contributed by atoms with Gasteiger partial charge in [0, 0.05) is 18.8 Å². The highest BCUT2D eigenvalue weighted by atomic mass is 16.1. The quantitative estimate of drug-likeness (QED) is 0.663. The summed E-state index contributed by atoms with van der Waals surface area (Å²) < 4.78 is 0. The fraction of sp³-hybridized carbons (Fsp3) is 0.500. The average Bonchev–Trinajstić information content (AvgIpc) is 2.13. The molecule has 1 aromatic rings. The number of aromatic amines is 1. The molecule has 1 heterocycles. The molecule has 0 atom stereocenters. The van der Waals surface area contributed by atoms with Crippen molar-refractivity contribution in [2.45, 2.75) is 20.8 Å². The summed E-state index contributed by atoms with van der Waals surface area (Å²) in [6, 6.07) is 0. The van der Waals surface area contributed by atoms with Crippen LogP contribution in [0.1, 0.15) is 19.4 Å². The lowest BCUT2D eigenvalue weighted by atomic mass is 10.3. The molecule has 0 bridgehead atoms. The van der Waals surface area contributed by atoms with E-state index in [0.29, 0.717) is 0 Å². The normalized spacial score (nSPS) is 8.33. The minimum absolute atomic E-state index is 0.324. The summed E-state index contributed by atoms with van der Waals surface area (Å²) in [5.74, 6) is 0.722. The van der Waals surface area contributed by atoms with Gasteiger partial charge in [-0.3, -0.25) is 4.98 Å². The third-order valence-electron chi connectivity index (χ3n) is 1.25. The Labute approximate surface area is 72.0 Å². The average molecular weight is 169 g/mol. The van der Waals surface area contributed by atoms with E-state index >= 15 is 0 Å². The molecule has 0 saturated carbocycles. The van der Waals surface area contributed by atoms with Gasteiger partial charge in [-0.25, -0.2) is 9.78 Å². The molecule has 0 aromatic carbocycles. The van der Waals surface area contributed by atoms with Crippen LogP contribution in [-0.4, -0.2) is 17.0 Å². The number of hydrogen-bond donors (Lipinski definition) is 2. The van der Waals surface area contributed by atoms with Crippen LogP contribution < -0.4 is 11.0 Å². The summed E-state index contributed by atoms with van der Waals surface area (Å²) in [6.07, 6.45) is 1.53. The summed E-state index contributed by atoms with van der Waals surface area (Å²) in [6.45, 7) is 5.87. The number of nitrogens with zero attached hydrogens (tertiary/aromatic N) is 1. The van der Waals surface area contributed by atoms with Crippen LogP contribution in [0.2, 0.25) is 0 Å². The van der Waals surface area contributed by atoms with Crippen molar-refractivity contribution in [2.75, 3.05) is 12.4 Å². The Morgan fingerprint density at radius 3 is 2.50 bits per heavy atom. The maximum Gasteiger partial charge on any atom is 0.346 e. The number of hydrogen-bond acceptors (Lipinski definition) is 3. The van der Waals surface area contributed by atoms with Crippen molar-refractivity contribution in [3.05, 3.63) is 22.2 Å². The molecule has 12 heavy (non-hydrogen) atoms. The highest BCUT2D eigenvalue weighted by Crippen LogP contribution is 2.02. The molecule has 4 heteroatoms. The Bertz CT molecular complexity index is 280. The largest absolute Gasteiger partial charge is 0.374 e. The molecule has 0 saturated heterocycles. The Morgan fingerprint density at radius 1 is 1.50 bits per heavy atom. The Kier molecular flexibility index (Phi) is 4.76. The third kappa shape index (κ3) is 2.74. The Balaban J connectivity index is 0.000000561. The van der Waals surface area contributed by atoms with Crippen LogP contribution >= 0.6 is 0 Å². The molecule has 0 aliphatic heterocycles. The maximum absolute atomic E-state index is 10.6.